The van der Waals surface area contributed by atoms with Crippen molar-refractivity contribution in [3.63, 3.8) is 0 Å². The Morgan fingerprint density at radius 3 is 2.07 bits per heavy atom. The highest BCUT2D eigenvalue weighted by Gasteiger charge is 2.62. The highest BCUT2D eigenvalue weighted by atomic mass is 16.9. The molecular formula is C20H27NO6. The van der Waals surface area contributed by atoms with Gasteiger partial charge >= 0.3 is 0 Å². The van der Waals surface area contributed by atoms with E-state index in [1.54, 1.807) is 0 Å². The second-order valence-electron chi connectivity index (χ2n) is 8.46. The van der Waals surface area contributed by atoms with Gasteiger partial charge in [0.05, 0.1) is 0 Å². The lowest BCUT2D eigenvalue weighted by Crippen LogP contribution is -2.58. The van der Waals surface area contributed by atoms with Crippen LogP contribution in [0.25, 0.3) is 0 Å². The summed E-state index contributed by atoms with van der Waals surface area (Å²) in [5.74, 6) is -1.93. The van der Waals surface area contributed by atoms with Crippen molar-refractivity contribution in [3.05, 3.63) is 29.3 Å². The quantitative estimate of drug-likeness (QED) is 0.854. The van der Waals surface area contributed by atoms with E-state index in [4.69, 9.17) is 23.7 Å². The smallest absolute Gasteiger partial charge is 0.256 e. The van der Waals surface area contributed by atoms with Gasteiger partial charge in [-0.05, 0) is 64.8 Å². The normalized spacial score (nSPS) is 36.1. The van der Waals surface area contributed by atoms with Crippen molar-refractivity contribution in [3.8, 4) is 0 Å². The summed E-state index contributed by atoms with van der Waals surface area (Å²) in [6.07, 6.45) is -3.03. The van der Waals surface area contributed by atoms with Crippen molar-refractivity contribution >= 4 is 11.6 Å². The van der Waals surface area contributed by atoms with Gasteiger partial charge in [0.15, 0.2) is 24.0 Å². The maximum absolute atomic E-state index is 13.0. The Kier molecular flexibility index (Phi) is 4.36. The first-order valence-electron chi connectivity index (χ1n) is 9.29. The molecule has 3 fully saturated rings. The van der Waals surface area contributed by atoms with Crippen molar-refractivity contribution in [1.82, 2.24) is 0 Å². The van der Waals surface area contributed by atoms with Gasteiger partial charge in [-0.25, -0.2) is 0 Å². The number of rotatable bonds is 2. The first kappa shape index (κ1) is 18.8. The van der Waals surface area contributed by atoms with Crippen LogP contribution in [0.5, 0.6) is 0 Å². The van der Waals surface area contributed by atoms with E-state index in [1.807, 2.05) is 53.7 Å². The summed E-state index contributed by atoms with van der Waals surface area (Å²) in [5.41, 5.74) is 2.87. The molecule has 0 saturated carbocycles. The lowest BCUT2D eigenvalue weighted by molar-refractivity contribution is -0.229. The number of fused-ring (bicyclic) bond motifs is 3. The van der Waals surface area contributed by atoms with Gasteiger partial charge in [0, 0.05) is 5.69 Å². The topological polar surface area (TPSA) is 75.3 Å². The molecule has 5 atom stereocenters. The van der Waals surface area contributed by atoms with Crippen molar-refractivity contribution in [2.24, 2.45) is 0 Å². The summed E-state index contributed by atoms with van der Waals surface area (Å²) in [6, 6.07) is 5.89. The fourth-order valence-electron chi connectivity index (χ4n) is 4.08. The lowest BCUT2D eigenvalue weighted by atomic mass is 9.98. The van der Waals surface area contributed by atoms with Crippen molar-refractivity contribution < 1.29 is 28.5 Å². The number of anilines is 1. The third-order valence-electron chi connectivity index (χ3n) is 4.90. The minimum absolute atomic E-state index is 0.289. The average Bonchev–Trinajstić information content (AvgIpc) is 2.99. The number of ether oxygens (including phenoxy) is 5. The van der Waals surface area contributed by atoms with Crippen molar-refractivity contribution in [2.75, 3.05) is 5.32 Å². The largest absolute Gasteiger partial charge is 0.342 e. The van der Waals surface area contributed by atoms with Crippen LogP contribution >= 0.6 is 0 Å². The molecule has 0 aliphatic carbocycles. The Labute approximate surface area is 159 Å². The molecule has 3 saturated heterocycles. The SMILES string of the molecule is Cc1cc(C)cc(NC(=O)[C@H]2O[C@@H]3OC(C)(C)O[C@@H]3[C@H]3OC(C)(C)O[C@H]32)c1. The van der Waals surface area contributed by atoms with Gasteiger partial charge in [-0.1, -0.05) is 6.07 Å². The molecule has 27 heavy (non-hydrogen) atoms. The van der Waals surface area contributed by atoms with Gasteiger partial charge < -0.3 is 29.0 Å². The van der Waals surface area contributed by atoms with Gasteiger partial charge in [0.25, 0.3) is 5.91 Å². The number of carbonyl (C=O) groups is 1. The molecule has 3 heterocycles. The average molecular weight is 377 g/mol. The van der Waals surface area contributed by atoms with Crippen LogP contribution in [0.15, 0.2) is 18.2 Å². The molecule has 0 spiro atoms. The molecule has 3 aliphatic heterocycles. The van der Waals surface area contributed by atoms with E-state index in [0.717, 1.165) is 16.8 Å². The van der Waals surface area contributed by atoms with Gasteiger partial charge in [-0.15, -0.1) is 0 Å². The van der Waals surface area contributed by atoms with Crippen molar-refractivity contribution in [1.29, 1.82) is 0 Å². The summed E-state index contributed by atoms with van der Waals surface area (Å²) >= 11 is 0. The Balaban J connectivity index is 1.59. The standard InChI is InChI=1S/C20H27NO6/c1-10-7-11(2)9-12(8-10)21-17(22)15-13-14(25-19(3,4)24-13)16-18(23-15)27-20(5,6)26-16/h7-9,13-16,18H,1-6H3,(H,21,22)/t13-,14+,15+,16-,18-/m1/s1. The van der Waals surface area contributed by atoms with E-state index in [9.17, 15) is 4.79 Å². The first-order chi connectivity index (χ1) is 12.5. The zero-order chi connectivity index (χ0) is 19.6. The number of hydrogen-bond acceptors (Lipinski definition) is 6. The molecule has 0 radical (unpaired) electrons. The van der Waals surface area contributed by atoms with E-state index in [-0.39, 0.29) is 5.91 Å². The second kappa shape index (κ2) is 6.25. The number of benzene rings is 1. The van der Waals surface area contributed by atoms with E-state index in [1.165, 1.54) is 0 Å². The first-order valence-corrected chi connectivity index (χ1v) is 9.29. The number of carbonyl (C=O) groups excluding carboxylic acids is 1. The molecule has 7 nitrogen and oxygen atoms in total. The van der Waals surface area contributed by atoms with Crippen molar-refractivity contribution in [2.45, 2.75) is 83.8 Å². The van der Waals surface area contributed by atoms with Crippen LogP contribution in [0.3, 0.4) is 0 Å². The summed E-state index contributed by atoms with van der Waals surface area (Å²) in [7, 11) is 0. The molecular weight excluding hydrogens is 350 g/mol. The predicted molar refractivity (Wildman–Crippen MR) is 97.1 cm³/mol. The van der Waals surface area contributed by atoms with E-state index in [0.29, 0.717) is 0 Å². The summed E-state index contributed by atoms with van der Waals surface area (Å²) < 4.78 is 29.8. The molecule has 0 aromatic heterocycles. The van der Waals surface area contributed by atoms with Crippen LogP contribution in [0, 0.1) is 13.8 Å². The predicted octanol–water partition coefficient (Wildman–Crippen LogP) is 2.64. The monoisotopic (exact) mass is 377 g/mol. The highest BCUT2D eigenvalue weighted by Crippen LogP contribution is 2.44. The van der Waals surface area contributed by atoms with E-state index in [2.05, 4.69) is 11.4 Å². The van der Waals surface area contributed by atoms with Gasteiger partial charge in [0.2, 0.25) is 0 Å². The molecule has 1 aromatic carbocycles. The van der Waals surface area contributed by atoms with Crippen LogP contribution < -0.4 is 5.32 Å². The zero-order valence-corrected chi connectivity index (χ0v) is 16.6. The molecule has 4 rings (SSSR count). The summed E-state index contributed by atoms with van der Waals surface area (Å²) in [5, 5.41) is 2.94. The van der Waals surface area contributed by atoms with E-state index < -0.39 is 42.3 Å². The molecule has 1 N–H and O–H groups in total. The fourth-order valence-corrected chi connectivity index (χ4v) is 4.08. The maximum Gasteiger partial charge on any atom is 0.256 e. The fraction of sp³-hybridized carbons (Fsp3) is 0.650. The number of aryl methyl sites for hydroxylation is 2. The van der Waals surface area contributed by atoms with Crippen LogP contribution in [0.2, 0.25) is 0 Å². The van der Waals surface area contributed by atoms with Crippen LogP contribution in [-0.2, 0) is 28.5 Å². The Bertz CT molecular complexity index is 741. The Morgan fingerprint density at radius 1 is 0.852 bits per heavy atom. The minimum atomic E-state index is -0.864. The minimum Gasteiger partial charge on any atom is -0.342 e. The van der Waals surface area contributed by atoms with Crippen LogP contribution in [0.1, 0.15) is 38.8 Å². The summed E-state index contributed by atoms with van der Waals surface area (Å²) in [6.45, 7) is 11.2. The molecule has 3 aliphatic rings. The third kappa shape index (κ3) is 3.62. The maximum atomic E-state index is 13.0. The van der Waals surface area contributed by atoms with Gasteiger partial charge in [-0.2, -0.15) is 0 Å². The molecule has 1 amide bonds. The van der Waals surface area contributed by atoms with Crippen LogP contribution in [0.4, 0.5) is 5.69 Å². The highest BCUT2D eigenvalue weighted by molar-refractivity contribution is 5.95. The molecule has 0 bridgehead atoms. The lowest BCUT2D eigenvalue weighted by Gasteiger charge is -2.36. The van der Waals surface area contributed by atoms with Gasteiger partial charge in [0.1, 0.15) is 18.3 Å². The third-order valence-corrected chi connectivity index (χ3v) is 4.90. The van der Waals surface area contributed by atoms with Crippen LogP contribution in [-0.4, -0.2) is 48.2 Å². The molecule has 148 valence electrons. The molecule has 0 unspecified atom stereocenters. The number of hydrogen-bond donors (Lipinski definition) is 1. The zero-order valence-electron chi connectivity index (χ0n) is 16.6. The number of amides is 1. The molecule has 1 aromatic rings. The summed E-state index contributed by atoms with van der Waals surface area (Å²) in [4.78, 5) is 13.0. The second-order valence-corrected chi connectivity index (χ2v) is 8.46. The number of nitrogens with one attached hydrogen (secondary N) is 1. The van der Waals surface area contributed by atoms with E-state index >= 15 is 0 Å². The molecule has 7 heteroatoms. The Hall–Kier alpha value is -1.51. The van der Waals surface area contributed by atoms with Gasteiger partial charge in [-0.3, -0.25) is 4.79 Å². The Morgan fingerprint density at radius 2 is 1.41 bits per heavy atom.